The standard InChI is InChI=1S/C51H63F2N5O8Si/c1-9-39-42(52)18-13-33-24-38(66-67(30(2)3,31(4)5)32(6)7)25-40(43(33)39)46-44(53)47-41(27-54-46)45(34-12-10-20-50(8,60)26-34)55-48(56-47)64-29-51-21-11-23-57(51)36(19-22-51)28-63-49(59)65-37-16-14-35(15-17-37)58(61)62/h13-18,24-25,27,30-32,34,36,60H,9-12,19-23,26,28-29H2,1-8H3/t34?,36-,50+,51-/m0/s1. The Balaban J connectivity index is 1.14. The molecular formula is C51H63F2N5O8Si. The molecule has 0 radical (unpaired) electrons. The maximum Gasteiger partial charge on any atom is 0.513 e. The zero-order valence-electron chi connectivity index (χ0n) is 39.9. The minimum atomic E-state index is -2.47. The lowest BCUT2D eigenvalue weighted by atomic mass is 9.77. The Morgan fingerprint density at radius 2 is 1.70 bits per heavy atom. The number of fused-ring (bicyclic) bond motifs is 3. The molecule has 358 valence electrons. The molecule has 8 rings (SSSR count). The van der Waals surface area contributed by atoms with Gasteiger partial charge in [-0.2, -0.15) is 9.97 Å². The molecule has 4 atom stereocenters. The second kappa shape index (κ2) is 19.0. The second-order valence-corrected chi connectivity index (χ2v) is 25.5. The molecule has 1 unspecified atom stereocenters. The van der Waals surface area contributed by atoms with Gasteiger partial charge in [-0.25, -0.2) is 13.6 Å². The third-order valence-corrected chi connectivity index (χ3v) is 20.9. The number of halogens is 2. The van der Waals surface area contributed by atoms with E-state index in [2.05, 4.69) is 46.4 Å². The van der Waals surface area contributed by atoms with Crippen LogP contribution in [0.2, 0.25) is 16.6 Å². The molecule has 1 saturated carbocycles. The van der Waals surface area contributed by atoms with Gasteiger partial charge in [0.15, 0.2) is 5.82 Å². The van der Waals surface area contributed by atoms with Gasteiger partial charge < -0.3 is 23.7 Å². The average Bonchev–Trinajstić information content (AvgIpc) is 3.85. The van der Waals surface area contributed by atoms with Gasteiger partial charge in [0.2, 0.25) is 0 Å². The third kappa shape index (κ3) is 9.32. The van der Waals surface area contributed by atoms with Gasteiger partial charge in [-0.1, -0.05) is 54.5 Å². The summed E-state index contributed by atoms with van der Waals surface area (Å²) in [6, 6.07) is 12.1. The minimum Gasteiger partial charge on any atom is -0.543 e. The van der Waals surface area contributed by atoms with Crippen molar-refractivity contribution in [2.45, 2.75) is 153 Å². The fraction of sp³-hybridized carbons (Fsp3) is 0.529. The fourth-order valence-corrected chi connectivity index (χ4v) is 17.1. The predicted octanol–water partition coefficient (Wildman–Crippen LogP) is 12.1. The van der Waals surface area contributed by atoms with Gasteiger partial charge in [0.25, 0.3) is 14.0 Å². The van der Waals surface area contributed by atoms with Gasteiger partial charge in [0.05, 0.1) is 21.8 Å². The Labute approximate surface area is 391 Å². The Bertz CT molecular complexity index is 2640. The van der Waals surface area contributed by atoms with Crippen LogP contribution in [-0.2, 0) is 11.2 Å². The first-order chi connectivity index (χ1) is 31.9. The maximum absolute atomic E-state index is 17.8. The van der Waals surface area contributed by atoms with Crippen molar-refractivity contribution in [3.63, 3.8) is 0 Å². The van der Waals surface area contributed by atoms with E-state index in [1.165, 1.54) is 30.3 Å². The number of aliphatic hydroxyl groups is 1. The number of rotatable bonds is 15. The summed E-state index contributed by atoms with van der Waals surface area (Å²) in [5.74, 6) is -0.552. The molecule has 3 aromatic carbocycles. The smallest absolute Gasteiger partial charge is 0.513 e. The molecule has 16 heteroatoms. The number of aromatic nitrogens is 3. The summed E-state index contributed by atoms with van der Waals surface area (Å²) >= 11 is 0. The van der Waals surface area contributed by atoms with E-state index in [9.17, 15) is 20.0 Å². The summed E-state index contributed by atoms with van der Waals surface area (Å²) in [5.41, 5.74) is 0.840. The molecule has 3 aliphatic rings. The van der Waals surface area contributed by atoms with Crippen molar-refractivity contribution in [1.82, 2.24) is 19.9 Å². The first-order valence-electron chi connectivity index (χ1n) is 23.9. The summed E-state index contributed by atoms with van der Waals surface area (Å²) in [6.45, 7) is 18.0. The van der Waals surface area contributed by atoms with E-state index in [1.807, 2.05) is 26.0 Å². The van der Waals surface area contributed by atoms with Gasteiger partial charge in [-0.05, 0) is 135 Å². The lowest BCUT2D eigenvalue weighted by molar-refractivity contribution is -0.384. The highest BCUT2D eigenvalue weighted by atomic mass is 28.4. The van der Waals surface area contributed by atoms with Crippen molar-refractivity contribution in [2.24, 2.45) is 0 Å². The van der Waals surface area contributed by atoms with E-state index in [0.29, 0.717) is 52.6 Å². The van der Waals surface area contributed by atoms with E-state index < -0.39 is 36.4 Å². The molecule has 3 fully saturated rings. The number of hydrogen-bond donors (Lipinski definition) is 1. The maximum atomic E-state index is 17.8. The number of carbonyl (C=O) groups is 1. The van der Waals surface area contributed by atoms with Gasteiger partial charge in [0.1, 0.15) is 41.7 Å². The highest BCUT2D eigenvalue weighted by Gasteiger charge is 2.51. The van der Waals surface area contributed by atoms with Crippen LogP contribution < -0.4 is 13.9 Å². The molecule has 0 spiro atoms. The summed E-state index contributed by atoms with van der Waals surface area (Å²) in [5, 5.41) is 24.0. The highest BCUT2D eigenvalue weighted by molar-refractivity contribution is 6.78. The highest BCUT2D eigenvalue weighted by Crippen LogP contribution is 2.47. The largest absolute Gasteiger partial charge is 0.543 e. The number of pyridine rings is 1. The molecule has 2 aromatic heterocycles. The SMILES string of the molecule is CCc1c(F)ccc2cc(O[Si](C(C)C)(C(C)C)C(C)C)cc(-c3ncc4c(C5CCC[C@@](C)(O)C5)nc(OC[C@@]56CCCN5[C@H](COC(=O)Oc5ccc([N+](=O)[O-])cc5)CC6)nc4c3F)c12. The molecule has 5 aromatic rings. The van der Waals surface area contributed by atoms with Crippen molar-refractivity contribution in [2.75, 3.05) is 19.8 Å². The minimum absolute atomic E-state index is 0.0141. The molecule has 13 nitrogen and oxygen atoms in total. The lowest BCUT2D eigenvalue weighted by Crippen LogP contribution is -2.50. The van der Waals surface area contributed by atoms with Crippen molar-refractivity contribution >= 4 is 41.8 Å². The van der Waals surface area contributed by atoms with Crippen molar-refractivity contribution in [3.8, 4) is 28.8 Å². The fourth-order valence-electron chi connectivity index (χ4n) is 11.9. The van der Waals surface area contributed by atoms with Gasteiger partial charge in [-0.15, -0.1) is 0 Å². The molecular weight excluding hydrogens is 877 g/mol. The number of aryl methyl sites for hydroxylation is 1. The van der Waals surface area contributed by atoms with Crippen molar-refractivity contribution < 1.29 is 42.2 Å². The Kier molecular flexibility index (Phi) is 13.6. The van der Waals surface area contributed by atoms with Crippen molar-refractivity contribution in [1.29, 1.82) is 0 Å². The Morgan fingerprint density at radius 3 is 2.37 bits per heavy atom. The molecule has 0 bridgehead atoms. The summed E-state index contributed by atoms with van der Waals surface area (Å²) in [6.07, 6.45) is 6.82. The zero-order valence-corrected chi connectivity index (χ0v) is 40.9. The number of nitro benzene ring substituents is 1. The van der Waals surface area contributed by atoms with E-state index in [-0.39, 0.29) is 76.3 Å². The van der Waals surface area contributed by atoms with Gasteiger partial charge in [0, 0.05) is 41.2 Å². The summed E-state index contributed by atoms with van der Waals surface area (Å²) < 4.78 is 58.1. The van der Waals surface area contributed by atoms with Crippen LogP contribution in [0.3, 0.4) is 0 Å². The molecule has 2 aliphatic heterocycles. The van der Waals surface area contributed by atoms with Crippen LogP contribution in [-0.4, -0.2) is 81.3 Å². The van der Waals surface area contributed by atoms with E-state index >= 15 is 8.78 Å². The van der Waals surface area contributed by atoms with E-state index in [0.717, 1.165) is 50.5 Å². The Morgan fingerprint density at radius 1 is 0.970 bits per heavy atom. The lowest BCUT2D eigenvalue weighted by Gasteiger charge is -2.42. The zero-order chi connectivity index (χ0) is 48.0. The van der Waals surface area contributed by atoms with Crippen LogP contribution in [0.5, 0.6) is 17.5 Å². The molecule has 0 amide bonds. The monoisotopic (exact) mass is 939 g/mol. The number of ether oxygens (including phenoxy) is 3. The number of carbonyl (C=O) groups excluding carboxylic acids is 1. The third-order valence-electron chi connectivity index (χ3n) is 14.9. The van der Waals surface area contributed by atoms with Crippen molar-refractivity contribution in [3.05, 3.63) is 87.7 Å². The van der Waals surface area contributed by atoms with Gasteiger partial charge >= 0.3 is 12.2 Å². The molecule has 4 heterocycles. The van der Waals surface area contributed by atoms with Gasteiger partial charge in [-0.3, -0.25) is 20.0 Å². The first-order valence-corrected chi connectivity index (χ1v) is 26.0. The number of nitro groups is 1. The molecule has 2 saturated heterocycles. The quantitative estimate of drug-likeness (QED) is 0.0348. The van der Waals surface area contributed by atoms with E-state index in [4.69, 9.17) is 33.6 Å². The normalized spacial score (nSPS) is 22.2. The Hall–Kier alpha value is -5.32. The number of nitrogens with zero attached hydrogens (tertiary/aromatic N) is 5. The first kappa shape index (κ1) is 48.1. The summed E-state index contributed by atoms with van der Waals surface area (Å²) in [4.78, 5) is 40.0. The summed E-state index contributed by atoms with van der Waals surface area (Å²) in [7, 11) is -2.47. The molecule has 1 N–H and O–H groups in total. The van der Waals surface area contributed by atoms with Crippen LogP contribution in [0.1, 0.15) is 124 Å². The number of non-ortho nitro benzene ring substituents is 1. The number of hydrogen-bond acceptors (Lipinski definition) is 12. The van der Waals surface area contributed by atoms with Crippen LogP contribution in [0, 0.1) is 21.7 Å². The van der Waals surface area contributed by atoms with E-state index in [1.54, 1.807) is 12.3 Å². The topological polar surface area (TPSA) is 159 Å². The van der Waals surface area contributed by atoms with Crippen LogP contribution in [0.4, 0.5) is 19.3 Å². The van der Waals surface area contributed by atoms with Crippen LogP contribution >= 0.6 is 0 Å². The predicted molar refractivity (Wildman–Crippen MR) is 255 cm³/mol. The molecule has 67 heavy (non-hydrogen) atoms. The average molecular weight is 940 g/mol. The number of benzene rings is 3. The molecule has 1 aliphatic carbocycles. The van der Waals surface area contributed by atoms with Crippen LogP contribution in [0.25, 0.3) is 32.9 Å². The second-order valence-electron chi connectivity index (χ2n) is 20.1. The van der Waals surface area contributed by atoms with Crippen LogP contribution in [0.15, 0.2) is 54.7 Å².